The average molecular weight is 717 g/mol. The highest BCUT2D eigenvalue weighted by Gasteiger charge is 2.33. The Morgan fingerprint density at radius 1 is 1.14 bits per heavy atom. The highest BCUT2D eigenvalue weighted by atomic mass is 127. The molecule has 0 aliphatic heterocycles. The van der Waals surface area contributed by atoms with Gasteiger partial charge in [-0.25, -0.2) is 19.5 Å². The molecule has 0 unspecified atom stereocenters. The van der Waals surface area contributed by atoms with Crippen molar-refractivity contribution in [2.75, 3.05) is 19.5 Å². The predicted molar refractivity (Wildman–Crippen MR) is 152 cm³/mol. The van der Waals surface area contributed by atoms with E-state index in [2.05, 4.69) is 30.7 Å². The number of halogens is 5. The minimum Gasteiger partial charge on any atom is -0.452 e. The lowest BCUT2D eigenvalue weighted by Crippen LogP contribution is -2.43. The third-order valence-electron chi connectivity index (χ3n) is 5.69. The van der Waals surface area contributed by atoms with E-state index in [0.29, 0.717) is 9.13 Å². The predicted octanol–water partition coefficient (Wildman–Crippen LogP) is 4.69. The Kier molecular flexibility index (Phi) is 9.05. The molecule has 3 heterocycles. The van der Waals surface area contributed by atoms with Crippen molar-refractivity contribution in [3.05, 3.63) is 85.6 Å². The van der Waals surface area contributed by atoms with E-state index in [-0.39, 0.29) is 40.0 Å². The highest BCUT2D eigenvalue weighted by molar-refractivity contribution is 14.1. The van der Waals surface area contributed by atoms with Gasteiger partial charge in [0.1, 0.15) is 5.69 Å². The van der Waals surface area contributed by atoms with Crippen molar-refractivity contribution in [2.24, 2.45) is 0 Å². The number of ether oxygens (including phenoxy) is 1. The number of carbonyl (C=O) groups is 3. The SMILES string of the molecule is COC(=O)N(C)NC(=O)c1cc(I)cc(C)c1NC(=O)c1cc(Cn2ccc(C(F)(F)F)n2)nn1-c1ncccc1Cl. The molecule has 3 amide bonds. The van der Waals surface area contributed by atoms with Crippen LogP contribution in [0.3, 0.4) is 0 Å². The lowest BCUT2D eigenvalue weighted by atomic mass is 10.1. The van der Waals surface area contributed by atoms with E-state index >= 15 is 0 Å². The van der Waals surface area contributed by atoms with E-state index in [0.717, 1.165) is 33.7 Å². The topological polar surface area (TPSA) is 136 Å². The van der Waals surface area contributed by atoms with Gasteiger partial charge in [-0.05, 0) is 71.5 Å². The van der Waals surface area contributed by atoms with Crippen LogP contribution in [-0.2, 0) is 17.5 Å². The van der Waals surface area contributed by atoms with E-state index < -0.39 is 29.8 Å². The molecule has 4 aromatic rings. The number of amides is 3. The number of nitrogens with zero attached hydrogens (tertiary/aromatic N) is 6. The Morgan fingerprint density at radius 2 is 1.88 bits per heavy atom. The van der Waals surface area contributed by atoms with E-state index in [1.54, 1.807) is 19.1 Å². The van der Waals surface area contributed by atoms with Crippen molar-refractivity contribution < 1.29 is 32.3 Å². The zero-order valence-electron chi connectivity index (χ0n) is 22.0. The number of hydrazine groups is 1. The number of rotatable bonds is 6. The second-order valence-electron chi connectivity index (χ2n) is 8.71. The van der Waals surface area contributed by atoms with Gasteiger partial charge in [0.15, 0.2) is 11.5 Å². The van der Waals surface area contributed by atoms with Crippen molar-refractivity contribution in [2.45, 2.75) is 19.6 Å². The van der Waals surface area contributed by atoms with Crippen LogP contribution in [0.4, 0.5) is 23.7 Å². The van der Waals surface area contributed by atoms with Crippen molar-refractivity contribution in [1.29, 1.82) is 0 Å². The zero-order chi connectivity index (χ0) is 30.8. The standard InChI is InChI=1S/C25H21ClF3IN8O4/c1-13-9-14(30)10-16(22(39)35-36(2)24(41)42-3)20(13)32-23(40)18-11-15(12-37-8-6-19(34-37)25(27,28)29)33-38(18)21-17(26)5-4-7-31-21/h4-11H,12H2,1-3H3,(H,32,40)(H,35,39). The summed E-state index contributed by atoms with van der Waals surface area (Å²) in [7, 11) is 2.44. The highest BCUT2D eigenvalue weighted by Crippen LogP contribution is 2.28. The molecule has 17 heteroatoms. The zero-order valence-corrected chi connectivity index (χ0v) is 24.9. The first kappa shape index (κ1) is 30.8. The van der Waals surface area contributed by atoms with E-state index in [4.69, 9.17) is 11.6 Å². The molecule has 42 heavy (non-hydrogen) atoms. The molecule has 0 bridgehead atoms. The molecule has 0 aliphatic carbocycles. The third kappa shape index (κ3) is 6.81. The summed E-state index contributed by atoms with van der Waals surface area (Å²) in [6.07, 6.45) is -2.88. The number of carbonyl (C=O) groups excluding carboxylic acids is 3. The monoisotopic (exact) mass is 716 g/mol. The Balaban J connectivity index is 1.72. The van der Waals surface area contributed by atoms with Crippen molar-refractivity contribution in [3.63, 3.8) is 0 Å². The van der Waals surface area contributed by atoms with Crippen molar-refractivity contribution >= 4 is 57.8 Å². The first-order valence-corrected chi connectivity index (χ1v) is 13.3. The smallest absolute Gasteiger partial charge is 0.435 e. The van der Waals surface area contributed by atoms with Gasteiger partial charge in [0.05, 0.1) is 35.6 Å². The Bertz CT molecular complexity index is 1670. The van der Waals surface area contributed by atoms with Gasteiger partial charge >= 0.3 is 12.3 Å². The molecule has 0 aliphatic rings. The number of nitrogens with one attached hydrogen (secondary N) is 2. The quantitative estimate of drug-likeness (QED) is 0.218. The summed E-state index contributed by atoms with van der Waals surface area (Å²) in [5, 5.41) is 11.6. The first-order valence-electron chi connectivity index (χ1n) is 11.8. The summed E-state index contributed by atoms with van der Waals surface area (Å²) in [4.78, 5) is 42.7. The first-order chi connectivity index (χ1) is 19.8. The number of pyridine rings is 1. The summed E-state index contributed by atoms with van der Waals surface area (Å²) < 4.78 is 46.6. The van der Waals surface area contributed by atoms with Gasteiger partial charge in [-0.2, -0.15) is 23.4 Å². The van der Waals surface area contributed by atoms with E-state index in [1.165, 1.54) is 31.4 Å². The van der Waals surface area contributed by atoms with E-state index in [9.17, 15) is 27.6 Å². The fraction of sp³-hybridized carbons (Fsp3) is 0.200. The molecule has 0 saturated carbocycles. The van der Waals surface area contributed by atoms with Gasteiger partial charge in [-0.15, -0.1) is 0 Å². The molecular weight excluding hydrogens is 696 g/mol. The van der Waals surface area contributed by atoms with Crippen LogP contribution in [0.25, 0.3) is 5.82 Å². The summed E-state index contributed by atoms with van der Waals surface area (Å²) in [6, 6.07) is 8.51. The molecule has 4 rings (SSSR count). The molecule has 0 saturated heterocycles. The third-order valence-corrected chi connectivity index (χ3v) is 6.61. The molecule has 3 aromatic heterocycles. The van der Waals surface area contributed by atoms with Gasteiger partial charge in [-0.3, -0.25) is 19.7 Å². The van der Waals surface area contributed by atoms with Crippen LogP contribution in [0, 0.1) is 10.5 Å². The lowest BCUT2D eigenvalue weighted by molar-refractivity contribution is -0.141. The second-order valence-corrected chi connectivity index (χ2v) is 10.4. The average Bonchev–Trinajstić information content (AvgIpc) is 3.57. The number of methoxy groups -OCH3 is 1. The van der Waals surface area contributed by atoms with Crippen LogP contribution < -0.4 is 10.7 Å². The maximum absolute atomic E-state index is 13.7. The van der Waals surface area contributed by atoms with E-state index in [1.807, 2.05) is 22.6 Å². The number of alkyl halides is 3. The molecule has 0 radical (unpaired) electrons. The van der Waals surface area contributed by atoms with Crippen LogP contribution in [0.1, 0.15) is 37.8 Å². The van der Waals surface area contributed by atoms with Gasteiger partial charge in [0.25, 0.3) is 11.8 Å². The Morgan fingerprint density at radius 3 is 2.52 bits per heavy atom. The molecule has 220 valence electrons. The Hall–Kier alpha value is -4.19. The van der Waals surface area contributed by atoms with Crippen molar-refractivity contribution in [1.82, 2.24) is 35.0 Å². The fourth-order valence-electron chi connectivity index (χ4n) is 3.79. The minimum absolute atomic E-state index is 0.0434. The maximum Gasteiger partial charge on any atom is 0.435 e. The molecule has 2 N–H and O–H groups in total. The number of hydrogen-bond acceptors (Lipinski definition) is 7. The van der Waals surface area contributed by atoms with Crippen LogP contribution >= 0.6 is 34.2 Å². The summed E-state index contributed by atoms with van der Waals surface area (Å²) in [6.45, 7) is 1.47. The van der Waals surface area contributed by atoms with Crippen LogP contribution in [-0.4, -0.2) is 61.6 Å². The second kappa shape index (κ2) is 12.4. The van der Waals surface area contributed by atoms with Gasteiger partial charge in [-0.1, -0.05) is 11.6 Å². The van der Waals surface area contributed by atoms with Crippen LogP contribution in [0.5, 0.6) is 0 Å². The number of aryl methyl sites for hydroxylation is 1. The Labute approximate surface area is 254 Å². The van der Waals surface area contributed by atoms with Crippen LogP contribution in [0.2, 0.25) is 5.02 Å². The molecule has 0 fully saturated rings. The van der Waals surface area contributed by atoms with Gasteiger partial charge in [0.2, 0.25) is 0 Å². The minimum atomic E-state index is -4.63. The normalized spacial score (nSPS) is 11.2. The number of aromatic nitrogens is 5. The number of anilines is 1. The number of hydrogen-bond donors (Lipinski definition) is 2. The molecule has 12 nitrogen and oxygen atoms in total. The molecule has 0 spiro atoms. The summed E-state index contributed by atoms with van der Waals surface area (Å²) in [5.74, 6) is -1.35. The summed E-state index contributed by atoms with van der Waals surface area (Å²) in [5.41, 5.74) is 2.10. The largest absolute Gasteiger partial charge is 0.452 e. The van der Waals surface area contributed by atoms with Gasteiger partial charge < -0.3 is 10.1 Å². The van der Waals surface area contributed by atoms with Crippen molar-refractivity contribution in [3.8, 4) is 5.82 Å². The number of benzene rings is 1. The fourth-order valence-corrected chi connectivity index (χ4v) is 4.77. The molecule has 1 aromatic carbocycles. The maximum atomic E-state index is 13.7. The molecule has 0 atom stereocenters. The molecular formula is C25H21ClF3IN8O4. The lowest BCUT2D eigenvalue weighted by Gasteiger charge is -2.19. The van der Waals surface area contributed by atoms with Crippen LogP contribution in [0.15, 0.2) is 48.8 Å². The summed E-state index contributed by atoms with van der Waals surface area (Å²) >= 11 is 8.32. The van der Waals surface area contributed by atoms with Gasteiger partial charge in [0, 0.05) is 23.0 Å².